The van der Waals surface area contributed by atoms with Crippen molar-refractivity contribution in [2.75, 3.05) is 65.4 Å². The van der Waals surface area contributed by atoms with E-state index in [-0.39, 0.29) is 0 Å². The van der Waals surface area contributed by atoms with Crippen molar-refractivity contribution in [3.63, 3.8) is 0 Å². The lowest BCUT2D eigenvalue weighted by atomic mass is 9.99. The Bertz CT molecular complexity index is 532. The first-order valence-electron chi connectivity index (χ1n) is 14.4. The molecule has 210 valence electrons. The van der Waals surface area contributed by atoms with Gasteiger partial charge in [0.05, 0.1) is 0 Å². The van der Waals surface area contributed by atoms with Crippen LogP contribution in [0.1, 0.15) is 62.5 Å². The molecule has 0 heterocycles. The van der Waals surface area contributed by atoms with Crippen molar-refractivity contribution in [2.24, 2.45) is 34.8 Å². The molecule has 0 saturated heterocycles. The van der Waals surface area contributed by atoms with E-state index in [9.17, 15) is 0 Å². The fourth-order valence-electron chi connectivity index (χ4n) is 4.51. The Balaban J connectivity index is 2.14. The van der Waals surface area contributed by atoms with Gasteiger partial charge in [-0.15, -0.1) is 0 Å². The van der Waals surface area contributed by atoms with Crippen molar-refractivity contribution in [3.05, 3.63) is 35.4 Å². The van der Waals surface area contributed by atoms with Gasteiger partial charge in [-0.3, -0.25) is 0 Å². The minimum atomic E-state index is 0.658. The molecule has 0 aromatic heterocycles. The van der Waals surface area contributed by atoms with Crippen LogP contribution in [0.5, 0.6) is 0 Å². The molecule has 0 radical (unpaired) electrons. The maximum atomic E-state index is 5.79. The van der Waals surface area contributed by atoms with Crippen LogP contribution in [0.25, 0.3) is 0 Å². The van der Waals surface area contributed by atoms with Gasteiger partial charge in [-0.25, -0.2) is 0 Å². The quantitative estimate of drug-likeness (QED) is 0.0874. The zero-order valence-electron chi connectivity index (χ0n) is 22.9. The molecule has 1 rings (SSSR count). The average Bonchev–Trinajstić information content (AvgIpc) is 2.89. The fourth-order valence-corrected chi connectivity index (χ4v) is 4.51. The van der Waals surface area contributed by atoms with Gasteiger partial charge in [-0.05, 0) is 140 Å². The standard InChI is InChI=1S/C28H58N8/c29-13-3-19-35-21-25(11-15-31)5-1-17-33-23-27-7-9-28(10-8-27)24-34-18-2-6-26(12-16-32)22-36-20-4-14-30/h7-10,25-26,33-36H,1-6,11-24,29-32H2. The predicted molar refractivity (Wildman–Crippen MR) is 156 cm³/mol. The molecular formula is C28H58N8. The predicted octanol–water partition coefficient (Wildman–Crippen LogP) is 1.23. The van der Waals surface area contributed by atoms with Crippen LogP contribution in [0.2, 0.25) is 0 Å². The fraction of sp³-hybridized carbons (Fsp3) is 0.786. The van der Waals surface area contributed by atoms with E-state index < -0.39 is 0 Å². The molecule has 0 aliphatic heterocycles. The summed E-state index contributed by atoms with van der Waals surface area (Å²) in [6.45, 7) is 11.1. The summed E-state index contributed by atoms with van der Waals surface area (Å²) in [7, 11) is 0. The van der Waals surface area contributed by atoms with Gasteiger partial charge in [0, 0.05) is 13.1 Å². The number of nitrogens with two attached hydrogens (primary N) is 4. The smallest absolute Gasteiger partial charge is 0.0205 e. The summed E-state index contributed by atoms with van der Waals surface area (Å²) < 4.78 is 0. The molecule has 2 atom stereocenters. The van der Waals surface area contributed by atoms with Gasteiger partial charge in [-0.2, -0.15) is 0 Å². The Labute approximate surface area is 221 Å². The number of rotatable bonds is 26. The second-order valence-corrected chi connectivity index (χ2v) is 10.0. The molecule has 1 aromatic rings. The molecule has 12 N–H and O–H groups in total. The summed E-state index contributed by atoms with van der Waals surface area (Å²) in [4.78, 5) is 0. The van der Waals surface area contributed by atoms with E-state index in [2.05, 4.69) is 45.5 Å². The molecule has 2 unspecified atom stereocenters. The second kappa shape index (κ2) is 24.2. The topological polar surface area (TPSA) is 152 Å². The van der Waals surface area contributed by atoms with Crippen LogP contribution in [0, 0.1) is 11.8 Å². The summed E-state index contributed by atoms with van der Waals surface area (Å²) in [6, 6.07) is 8.97. The maximum Gasteiger partial charge on any atom is 0.0205 e. The zero-order chi connectivity index (χ0) is 26.1. The van der Waals surface area contributed by atoms with Gasteiger partial charge in [0.2, 0.25) is 0 Å². The highest BCUT2D eigenvalue weighted by atomic mass is 14.9. The zero-order valence-corrected chi connectivity index (χ0v) is 22.9. The van der Waals surface area contributed by atoms with Crippen LogP contribution in [-0.2, 0) is 13.1 Å². The van der Waals surface area contributed by atoms with Crippen LogP contribution in [-0.4, -0.2) is 65.4 Å². The number of nitrogens with one attached hydrogen (secondary N) is 4. The maximum absolute atomic E-state index is 5.79. The Morgan fingerprint density at radius 3 is 1.22 bits per heavy atom. The van der Waals surface area contributed by atoms with Gasteiger partial charge in [0.15, 0.2) is 0 Å². The van der Waals surface area contributed by atoms with E-state index in [0.29, 0.717) is 11.8 Å². The summed E-state index contributed by atoms with van der Waals surface area (Å²) in [5.41, 5.74) is 25.4. The van der Waals surface area contributed by atoms with Crippen molar-refractivity contribution in [1.82, 2.24) is 21.3 Å². The lowest BCUT2D eigenvalue weighted by Crippen LogP contribution is -2.27. The van der Waals surface area contributed by atoms with Crippen molar-refractivity contribution in [1.29, 1.82) is 0 Å². The van der Waals surface area contributed by atoms with Crippen molar-refractivity contribution in [3.8, 4) is 0 Å². The van der Waals surface area contributed by atoms with Crippen LogP contribution in [0.15, 0.2) is 24.3 Å². The molecule has 0 amide bonds. The number of hydrogen-bond donors (Lipinski definition) is 8. The first-order valence-corrected chi connectivity index (χ1v) is 14.4. The number of hydrogen-bond acceptors (Lipinski definition) is 8. The molecule has 0 spiro atoms. The third-order valence-corrected chi connectivity index (χ3v) is 6.74. The normalized spacial score (nSPS) is 13.2. The molecule has 0 fully saturated rings. The molecule has 0 saturated carbocycles. The summed E-state index contributed by atoms with van der Waals surface area (Å²) >= 11 is 0. The number of benzene rings is 1. The Hall–Kier alpha value is -1.10. The lowest BCUT2D eigenvalue weighted by Gasteiger charge is -2.17. The largest absolute Gasteiger partial charge is 0.330 e. The molecular weight excluding hydrogens is 448 g/mol. The molecule has 8 heteroatoms. The van der Waals surface area contributed by atoms with Crippen LogP contribution < -0.4 is 44.2 Å². The van der Waals surface area contributed by atoms with E-state index in [0.717, 1.165) is 104 Å². The van der Waals surface area contributed by atoms with E-state index in [1.165, 1.54) is 36.8 Å². The minimum absolute atomic E-state index is 0.658. The van der Waals surface area contributed by atoms with Gasteiger partial charge < -0.3 is 44.2 Å². The summed E-state index contributed by atoms with van der Waals surface area (Å²) in [5.74, 6) is 1.32. The molecule has 8 nitrogen and oxygen atoms in total. The second-order valence-electron chi connectivity index (χ2n) is 10.0. The van der Waals surface area contributed by atoms with Gasteiger partial charge in [0.25, 0.3) is 0 Å². The Morgan fingerprint density at radius 1 is 0.472 bits per heavy atom. The van der Waals surface area contributed by atoms with Gasteiger partial charge >= 0.3 is 0 Å². The molecule has 1 aromatic carbocycles. The van der Waals surface area contributed by atoms with Gasteiger partial charge in [-0.1, -0.05) is 24.3 Å². The first kappa shape index (κ1) is 32.9. The highest BCUT2D eigenvalue weighted by molar-refractivity contribution is 5.22. The first-order chi connectivity index (χ1) is 17.7. The highest BCUT2D eigenvalue weighted by Crippen LogP contribution is 2.11. The average molecular weight is 507 g/mol. The van der Waals surface area contributed by atoms with E-state index in [1.54, 1.807) is 0 Å². The van der Waals surface area contributed by atoms with E-state index >= 15 is 0 Å². The van der Waals surface area contributed by atoms with Crippen LogP contribution in [0.4, 0.5) is 0 Å². The van der Waals surface area contributed by atoms with Crippen molar-refractivity contribution in [2.45, 2.75) is 64.5 Å². The highest BCUT2D eigenvalue weighted by Gasteiger charge is 2.08. The Kier molecular flexibility index (Phi) is 22.2. The third-order valence-electron chi connectivity index (χ3n) is 6.74. The summed E-state index contributed by atoms with van der Waals surface area (Å²) in [6.07, 6.45) is 9.04. The molecule has 0 aliphatic rings. The van der Waals surface area contributed by atoms with Crippen LogP contribution in [0.3, 0.4) is 0 Å². The van der Waals surface area contributed by atoms with E-state index in [1.807, 2.05) is 0 Å². The van der Waals surface area contributed by atoms with E-state index in [4.69, 9.17) is 22.9 Å². The monoisotopic (exact) mass is 506 g/mol. The van der Waals surface area contributed by atoms with Crippen molar-refractivity contribution < 1.29 is 0 Å². The molecule has 36 heavy (non-hydrogen) atoms. The Morgan fingerprint density at radius 2 is 0.861 bits per heavy atom. The van der Waals surface area contributed by atoms with Crippen molar-refractivity contribution >= 4 is 0 Å². The summed E-state index contributed by atoms with van der Waals surface area (Å²) in [5, 5.41) is 14.2. The SMILES string of the molecule is NCCCNCC(CCN)CCCNCc1ccc(CNCCCC(CCN)CNCCCN)cc1. The van der Waals surface area contributed by atoms with Gasteiger partial charge in [0.1, 0.15) is 0 Å². The van der Waals surface area contributed by atoms with Crippen LogP contribution >= 0.6 is 0 Å². The molecule has 0 aliphatic carbocycles. The lowest BCUT2D eigenvalue weighted by molar-refractivity contribution is 0.406. The molecule has 0 bridgehead atoms. The third kappa shape index (κ3) is 18.2. The minimum Gasteiger partial charge on any atom is -0.330 e.